The lowest BCUT2D eigenvalue weighted by atomic mass is 10.3. The fraction of sp³-hybridized carbons (Fsp3) is 0.100. The van der Waals surface area contributed by atoms with Crippen LogP contribution in [0.5, 0.6) is 0 Å². The molecule has 0 radical (unpaired) electrons. The van der Waals surface area contributed by atoms with E-state index in [1.807, 2.05) is 0 Å². The number of benzene rings is 1. The summed E-state index contributed by atoms with van der Waals surface area (Å²) in [5, 5.41) is 11.0. The van der Waals surface area contributed by atoms with Crippen LogP contribution in [0.4, 0.5) is 5.69 Å². The summed E-state index contributed by atoms with van der Waals surface area (Å²) in [6.45, 7) is 0.529. The van der Waals surface area contributed by atoms with Gasteiger partial charge in [0.1, 0.15) is 0 Å². The van der Waals surface area contributed by atoms with E-state index in [0.717, 1.165) is 11.9 Å². The number of anilines is 1. The van der Waals surface area contributed by atoms with E-state index in [4.69, 9.17) is 11.6 Å². The molecule has 0 unspecified atom stereocenters. The SMILES string of the molecule is O=[N+]([O-])C=C1N=CCN1c1ccc(Cl)cc1. The molecule has 0 fully saturated rings. The summed E-state index contributed by atoms with van der Waals surface area (Å²) < 4.78 is 0. The summed E-state index contributed by atoms with van der Waals surface area (Å²) in [5.74, 6) is 0.326. The zero-order chi connectivity index (χ0) is 11.5. The van der Waals surface area contributed by atoms with E-state index in [-0.39, 0.29) is 0 Å². The molecule has 1 heterocycles. The molecule has 0 bridgehead atoms. The van der Waals surface area contributed by atoms with Gasteiger partial charge >= 0.3 is 0 Å². The largest absolute Gasteiger partial charge is 0.316 e. The highest BCUT2D eigenvalue weighted by Crippen LogP contribution is 2.23. The van der Waals surface area contributed by atoms with Crippen molar-refractivity contribution in [2.75, 3.05) is 11.4 Å². The highest BCUT2D eigenvalue weighted by molar-refractivity contribution is 6.30. The lowest BCUT2D eigenvalue weighted by Crippen LogP contribution is -2.18. The van der Waals surface area contributed by atoms with Crippen molar-refractivity contribution in [2.24, 2.45) is 4.99 Å². The van der Waals surface area contributed by atoms with Gasteiger partial charge in [-0.05, 0) is 24.3 Å². The van der Waals surface area contributed by atoms with Gasteiger partial charge in [-0.3, -0.25) is 10.1 Å². The van der Waals surface area contributed by atoms with Gasteiger partial charge in [0.25, 0.3) is 6.20 Å². The molecule has 1 aliphatic rings. The van der Waals surface area contributed by atoms with Crippen LogP contribution in [-0.2, 0) is 0 Å². The molecular weight excluding hydrogens is 230 g/mol. The molecule has 0 spiro atoms. The quantitative estimate of drug-likeness (QED) is 0.586. The molecule has 82 valence electrons. The lowest BCUT2D eigenvalue weighted by molar-refractivity contribution is -0.403. The fourth-order valence-electron chi connectivity index (χ4n) is 1.44. The summed E-state index contributed by atoms with van der Waals surface area (Å²) in [6.07, 6.45) is 2.52. The van der Waals surface area contributed by atoms with Gasteiger partial charge in [0.2, 0.25) is 5.82 Å². The topological polar surface area (TPSA) is 58.7 Å². The number of rotatable bonds is 2. The third kappa shape index (κ3) is 2.20. The first kappa shape index (κ1) is 10.6. The first-order chi connectivity index (χ1) is 7.66. The second kappa shape index (κ2) is 4.32. The Hall–Kier alpha value is -1.88. The third-order valence-corrected chi connectivity index (χ3v) is 2.38. The van der Waals surface area contributed by atoms with Gasteiger partial charge in [0, 0.05) is 16.9 Å². The summed E-state index contributed by atoms with van der Waals surface area (Å²) in [4.78, 5) is 15.6. The number of nitro groups is 1. The Bertz CT molecular complexity index is 467. The van der Waals surface area contributed by atoms with Crippen LogP contribution in [0, 0.1) is 10.1 Å². The van der Waals surface area contributed by atoms with E-state index in [2.05, 4.69) is 4.99 Å². The van der Waals surface area contributed by atoms with Crippen LogP contribution in [-0.4, -0.2) is 17.7 Å². The zero-order valence-corrected chi connectivity index (χ0v) is 8.96. The Morgan fingerprint density at radius 2 is 2.12 bits per heavy atom. The van der Waals surface area contributed by atoms with E-state index in [0.29, 0.717) is 17.4 Å². The van der Waals surface area contributed by atoms with E-state index in [9.17, 15) is 10.1 Å². The molecule has 1 aromatic carbocycles. The molecular formula is C10H8ClN3O2. The Labute approximate surface area is 96.8 Å². The van der Waals surface area contributed by atoms with E-state index in [1.165, 1.54) is 0 Å². The molecule has 0 saturated carbocycles. The molecule has 0 atom stereocenters. The standard InChI is InChI=1S/C10H8ClN3O2/c11-8-1-3-9(4-2-8)13-6-5-12-10(13)7-14(15)16/h1-5,7H,6H2. The second-order valence-corrected chi connectivity index (χ2v) is 3.61. The molecule has 0 aromatic heterocycles. The van der Waals surface area contributed by atoms with Crippen molar-refractivity contribution in [3.8, 4) is 0 Å². The number of nitrogens with zero attached hydrogens (tertiary/aromatic N) is 3. The van der Waals surface area contributed by atoms with Gasteiger partial charge in [-0.1, -0.05) is 11.6 Å². The Balaban J connectivity index is 2.28. The first-order valence-corrected chi connectivity index (χ1v) is 4.95. The Kier molecular flexibility index (Phi) is 2.87. The van der Waals surface area contributed by atoms with Crippen molar-refractivity contribution in [2.45, 2.75) is 0 Å². The highest BCUT2D eigenvalue weighted by atomic mass is 35.5. The predicted octanol–water partition coefficient (Wildman–Crippen LogP) is 2.31. The summed E-state index contributed by atoms with van der Waals surface area (Å²) in [5.41, 5.74) is 0.829. The molecule has 0 saturated heterocycles. The Morgan fingerprint density at radius 3 is 2.75 bits per heavy atom. The molecule has 16 heavy (non-hydrogen) atoms. The van der Waals surface area contributed by atoms with Crippen LogP contribution in [0.3, 0.4) is 0 Å². The van der Waals surface area contributed by atoms with E-state index in [1.54, 1.807) is 35.4 Å². The Morgan fingerprint density at radius 1 is 1.44 bits per heavy atom. The van der Waals surface area contributed by atoms with Crippen molar-refractivity contribution >= 4 is 23.5 Å². The minimum absolute atomic E-state index is 0.326. The second-order valence-electron chi connectivity index (χ2n) is 3.17. The maximum atomic E-state index is 10.4. The lowest BCUT2D eigenvalue weighted by Gasteiger charge is -2.16. The molecule has 0 amide bonds. The molecule has 0 N–H and O–H groups in total. The van der Waals surface area contributed by atoms with Gasteiger partial charge < -0.3 is 4.90 Å². The van der Waals surface area contributed by atoms with Crippen LogP contribution in [0.1, 0.15) is 0 Å². The van der Waals surface area contributed by atoms with Gasteiger partial charge in [-0.15, -0.1) is 0 Å². The summed E-state index contributed by atoms with van der Waals surface area (Å²) in [6, 6.07) is 7.06. The summed E-state index contributed by atoms with van der Waals surface area (Å²) >= 11 is 5.77. The van der Waals surface area contributed by atoms with Gasteiger partial charge in [-0.25, -0.2) is 4.99 Å². The van der Waals surface area contributed by atoms with Crippen molar-refractivity contribution in [3.63, 3.8) is 0 Å². The van der Waals surface area contributed by atoms with Crippen LogP contribution in [0.25, 0.3) is 0 Å². The third-order valence-electron chi connectivity index (χ3n) is 2.12. The van der Waals surface area contributed by atoms with Crippen molar-refractivity contribution < 1.29 is 4.92 Å². The smallest absolute Gasteiger partial charge is 0.277 e. The normalized spacial score (nSPS) is 17.1. The van der Waals surface area contributed by atoms with Crippen LogP contribution in [0.15, 0.2) is 41.3 Å². The van der Waals surface area contributed by atoms with Crippen molar-refractivity contribution in [1.29, 1.82) is 0 Å². The molecule has 6 heteroatoms. The maximum absolute atomic E-state index is 10.4. The monoisotopic (exact) mass is 237 g/mol. The van der Waals surface area contributed by atoms with Crippen molar-refractivity contribution in [1.82, 2.24) is 0 Å². The zero-order valence-electron chi connectivity index (χ0n) is 8.21. The van der Waals surface area contributed by atoms with Gasteiger partial charge in [-0.2, -0.15) is 0 Å². The molecule has 1 aromatic rings. The minimum atomic E-state index is -0.513. The van der Waals surface area contributed by atoms with E-state index < -0.39 is 4.92 Å². The van der Waals surface area contributed by atoms with Crippen LogP contribution in [0.2, 0.25) is 5.02 Å². The van der Waals surface area contributed by atoms with E-state index >= 15 is 0 Å². The minimum Gasteiger partial charge on any atom is -0.316 e. The molecule has 2 rings (SSSR count). The van der Waals surface area contributed by atoms with Crippen LogP contribution < -0.4 is 4.90 Å². The van der Waals surface area contributed by atoms with Gasteiger partial charge in [0.15, 0.2) is 0 Å². The number of aliphatic imine (C=N–C) groups is 1. The number of halogens is 1. The van der Waals surface area contributed by atoms with Crippen LogP contribution >= 0.6 is 11.6 Å². The highest BCUT2D eigenvalue weighted by Gasteiger charge is 2.17. The predicted molar refractivity (Wildman–Crippen MR) is 62.4 cm³/mol. The number of hydrogen-bond acceptors (Lipinski definition) is 4. The number of hydrogen-bond donors (Lipinski definition) is 0. The van der Waals surface area contributed by atoms with Crippen molar-refractivity contribution in [3.05, 3.63) is 51.4 Å². The first-order valence-electron chi connectivity index (χ1n) is 4.58. The maximum Gasteiger partial charge on any atom is 0.277 e. The fourth-order valence-corrected chi connectivity index (χ4v) is 1.56. The molecule has 1 aliphatic heterocycles. The molecule has 0 aliphatic carbocycles. The average molecular weight is 238 g/mol. The molecule has 5 nitrogen and oxygen atoms in total. The summed E-state index contributed by atoms with van der Waals surface area (Å²) in [7, 11) is 0. The van der Waals surface area contributed by atoms with Gasteiger partial charge in [0.05, 0.1) is 11.5 Å². The average Bonchev–Trinajstić information content (AvgIpc) is 2.66.